The van der Waals surface area contributed by atoms with Crippen LogP contribution in [0.4, 0.5) is 0 Å². The lowest BCUT2D eigenvalue weighted by Gasteiger charge is -2.03. The molecule has 0 aliphatic heterocycles. The second kappa shape index (κ2) is 5.07. The molecule has 6 nitrogen and oxygen atoms in total. The van der Waals surface area contributed by atoms with Crippen LogP contribution in [0.1, 0.15) is 0 Å². The van der Waals surface area contributed by atoms with E-state index in [1.807, 2.05) is 0 Å². The molecular formula is C5H13N3O3S. The summed E-state index contributed by atoms with van der Waals surface area (Å²) in [6.45, 7) is -0.0146. The summed E-state index contributed by atoms with van der Waals surface area (Å²) >= 11 is 0. The van der Waals surface area contributed by atoms with E-state index in [0.717, 1.165) is 0 Å². The fraction of sp³-hybridized carbons (Fsp3) is 0.800. The summed E-state index contributed by atoms with van der Waals surface area (Å²) in [7, 11) is -1.92. The molecule has 0 radical (unpaired) electrons. The van der Waals surface area contributed by atoms with Gasteiger partial charge in [-0.05, 0) is 0 Å². The lowest BCUT2D eigenvalue weighted by atomic mass is 10.6. The molecule has 4 N–H and O–H groups in total. The Morgan fingerprint density at radius 3 is 2.67 bits per heavy atom. The van der Waals surface area contributed by atoms with E-state index in [-0.39, 0.29) is 24.7 Å². The molecule has 12 heavy (non-hydrogen) atoms. The first-order valence-corrected chi connectivity index (χ1v) is 4.92. The number of rotatable bonds is 6. The summed E-state index contributed by atoms with van der Waals surface area (Å²) in [6, 6.07) is 0. The van der Waals surface area contributed by atoms with Crippen LogP contribution in [0, 0.1) is 5.41 Å². The Morgan fingerprint density at radius 1 is 1.67 bits per heavy atom. The SMILES string of the molecule is COCCS(=O)(=O)NCC(=N)N. The van der Waals surface area contributed by atoms with Gasteiger partial charge in [0.25, 0.3) is 0 Å². The number of sulfonamides is 1. The Kier molecular flexibility index (Phi) is 4.79. The molecule has 0 atom stereocenters. The molecule has 0 aromatic heterocycles. The standard InChI is InChI=1S/C5H13N3O3S/c1-11-2-3-12(9,10)8-4-5(6)7/h8H,2-4H2,1H3,(H3,6,7). The zero-order valence-electron chi connectivity index (χ0n) is 6.83. The Morgan fingerprint density at radius 2 is 2.25 bits per heavy atom. The molecule has 72 valence electrons. The molecular weight excluding hydrogens is 182 g/mol. The summed E-state index contributed by atoms with van der Waals surface area (Å²) in [5, 5.41) is 6.77. The number of hydrogen-bond donors (Lipinski definition) is 3. The van der Waals surface area contributed by atoms with Gasteiger partial charge in [-0.15, -0.1) is 0 Å². The van der Waals surface area contributed by atoms with Crippen molar-refractivity contribution in [2.75, 3.05) is 26.0 Å². The van der Waals surface area contributed by atoms with Crippen molar-refractivity contribution >= 4 is 15.9 Å². The Balaban J connectivity index is 3.80. The molecule has 0 bridgehead atoms. The lowest BCUT2D eigenvalue weighted by Crippen LogP contribution is -2.35. The minimum atomic E-state index is -3.33. The topological polar surface area (TPSA) is 105 Å². The average molecular weight is 195 g/mol. The highest BCUT2D eigenvalue weighted by atomic mass is 32.2. The van der Waals surface area contributed by atoms with Crippen LogP contribution in [0.25, 0.3) is 0 Å². The Labute approximate surface area is 71.6 Å². The highest BCUT2D eigenvalue weighted by molar-refractivity contribution is 7.89. The summed E-state index contributed by atoms with van der Waals surface area (Å²) in [5.41, 5.74) is 4.95. The lowest BCUT2D eigenvalue weighted by molar-refractivity contribution is 0.217. The largest absolute Gasteiger partial charge is 0.387 e. The van der Waals surface area contributed by atoms with Crippen LogP contribution in [0.5, 0.6) is 0 Å². The van der Waals surface area contributed by atoms with Crippen molar-refractivity contribution in [3.05, 3.63) is 0 Å². The third-order valence-corrected chi connectivity index (χ3v) is 2.33. The molecule has 7 heteroatoms. The van der Waals surface area contributed by atoms with Crippen LogP contribution >= 0.6 is 0 Å². The van der Waals surface area contributed by atoms with Gasteiger partial charge in [0.15, 0.2) is 0 Å². The molecule has 0 unspecified atom stereocenters. The molecule has 0 amide bonds. The zero-order chi connectivity index (χ0) is 9.61. The number of ether oxygens (including phenoxy) is 1. The van der Waals surface area contributed by atoms with Gasteiger partial charge in [-0.25, -0.2) is 13.1 Å². The van der Waals surface area contributed by atoms with Gasteiger partial charge in [0.1, 0.15) is 5.84 Å². The minimum Gasteiger partial charge on any atom is -0.387 e. The summed E-state index contributed by atoms with van der Waals surface area (Å²) in [6.07, 6.45) is 0. The van der Waals surface area contributed by atoms with Gasteiger partial charge in [-0.3, -0.25) is 5.41 Å². The summed E-state index contributed by atoms with van der Waals surface area (Å²) in [5.74, 6) is -0.326. The second-order valence-electron chi connectivity index (χ2n) is 2.16. The number of nitrogens with two attached hydrogens (primary N) is 1. The number of methoxy groups -OCH3 is 1. The molecule has 0 spiro atoms. The van der Waals surface area contributed by atoms with Gasteiger partial charge in [-0.2, -0.15) is 0 Å². The van der Waals surface area contributed by atoms with Crippen LogP contribution in [-0.2, 0) is 14.8 Å². The summed E-state index contributed by atoms with van der Waals surface area (Å²) < 4.78 is 28.6. The van der Waals surface area contributed by atoms with Crippen molar-refractivity contribution in [1.29, 1.82) is 5.41 Å². The molecule has 0 heterocycles. The Bertz CT molecular complexity index is 236. The molecule has 0 aliphatic rings. The van der Waals surface area contributed by atoms with E-state index < -0.39 is 10.0 Å². The Hall–Kier alpha value is -0.660. The number of nitrogens with one attached hydrogen (secondary N) is 2. The second-order valence-corrected chi connectivity index (χ2v) is 4.08. The fourth-order valence-electron chi connectivity index (χ4n) is 0.453. The van der Waals surface area contributed by atoms with Crippen LogP contribution in [-0.4, -0.2) is 40.3 Å². The van der Waals surface area contributed by atoms with Crippen LogP contribution in [0.3, 0.4) is 0 Å². The van der Waals surface area contributed by atoms with E-state index >= 15 is 0 Å². The molecule has 0 aromatic carbocycles. The van der Waals surface area contributed by atoms with E-state index in [1.165, 1.54) is 7.11 Å². The quantitative estimate of drug-likeness (QED) is 0.354. The van der Waals surface area contributed by atoms with E-state index in [4.69, 9.17) is 11.1 Å². The highest BCUT2D eigenvalue weighted by Gasteiger charge is 2.08. The molecule has 0 saturated carbocycles. The van der Waals surface area contributed by atoms with Gasteiger partial charge in [0.05, 0.1) is 18.9 Å². The predicted octanol–water partition coefficient (Wildman–Crippen LogP) is -1.51. The zero-order valence-corrected chi connectivity index (χ0v) is 7.65. The van der Waals surface area contributed by atoms with Crippen molar-refractivity contribution in [3.8, 4) is 0 Å². The van der Waals surface area contributed by atoms with Crippen molar-refractivity contribution in [1.82, 2.24) is 4.72 Å². The smallest absolute Gasteiger partial charge is 0.214 e. The third kappa shape index (κ3) is 6.08. The number of hydrogen-bond acceptors (Lipinski definition) is 4. The van der Waals surface area contributed by atoms with Crippen LogP contribution < -0.4 is 10.5 Å². The predicted molar refractivity (Wildman–Crippen MR) is 45.6 cm³/mol. The third-order valence-electron chi connectivity index (χ3n) is 1.04. The minimum absolute atomic E-state index is 0.114. The van der Waals surface area contributed by atoms with Gasteiger partial charge in [0, 0.05) is 7.11 Å². The molecule has 0 saturated heterocycles. The summed E-state index contributed by atoms with van der Waals surface area (Å²) in [4.78, 5) is 0. The highest BCUT2D eigenvalue weighted by Crippen LogP contribution is 1.83. The monoisotopic (exact) mass is 195 g/mol. The van der Waals surface area contributed by atoms with Crippen molar-refractivity contribution in [2.45, 2.75) is 0 Å². The average Bonchev–Trinajstić information content (AvgIpc) is 1.98. The van der Waals surface area contributed by atoms with Gasteiger partial charge < -0.3 is 10.5 Å². The van der Waals surface area contributed by atoms with Crippen LogP contribution in [0.2, 0.25) is 0 Å². The molecule has 0 fully saturated rings. The first-order valence-electron chi connectivity index (χ1n) is 3.27. The first-order chi connectivity index (χ1) is 5.48. The van der Waals surface area contributed by atoms with Crippen LogP contribution in [0.15, 0.2) is 0 Å². The van der Waals surface area contributed by atoms with Crippen molar-refractivity contribution in [3.63, 3.8) is 0 Å². The van der Waals surface area contributed by atoms with E-state index in [9.17, 15) is 8.42 Å². The van der Waals surface area contributed by atoms with E-state index in [2.05, 4.69) is 9.46 Å². The van der Waals surface area contributed by atoms with Crippen molar-refractivity contribution < 1.29 is 13.2 Å². The van der Waals surface area contributed by atoms with E-state index in [1.54, 1.807) is 0 Å². The van der Waals surface area contributed by atoms with Gasteiger partial charge in [0.2, 0.25) is 10.0 Å². The maximum atomic E-state index is 11.0. The number of amidine groups is 1. The molecule has 0 aliphatic carbocycles. The fourth-order valence-corrected chi connectivity index (χ4v) is 1.36. The first kappa shape index (κ1) is 11.3. The van der Waals surface area contributed by atoms with Gasteiger partial charge >= 0.3 is 0 Å². The molecule has 0 rings (SSSR count). The molecule has 0 aromatic rings. The van der Waals surface area contributed by atoms with E-state index in [0.29, 0.717) is 0 Å². The van der Waals surface area contributed by atoms with Crippen molar-refractivity contribution in [2.24, 2.45) is 5.73 Å². The maximum Gasteiger partial charge on any atom is 0.214 e. The maximum absolute atomic E-state index is 11.0. The normalized spacial score (nSPS) is 11.4. The van der Waals surface area contributed by atoms with Gasteiger partial charge in [-0.1, -0.05) is 0 Å².